The maximum absolute atomic E-state index is 12.7. The Morgan fingerprint density at radius 2 is 2.10 bits per heavy atom. The number of carboxylic acids is 1. The van der Waals surface area contributed by atoms with Crippen LogP contribution in [0.2, 0.25) is 0 Å². The molecule has 0 radical (unpaired) electrons. The number of carboxylic acid groups (broad SMARTS) is 1. The number of benzene rings is 1. The summed E-state index contributed by atoms with van der Waals surface area (Å²) in [5.41, 5.74) is -0.589. The third kappa shape index (κ3) is 2.86. The molecule has 0 spiro atoms. The zero-order valence-electron chi connectivity index (χ0n) is 9.82. The number of hydrogen-bond acceptors (Lipinski definition) is 5. The topological polar surface area (TPSA) is 103 Å². The molecule has 0 amide bonds. The lowest BCUT2D eigenvalue weighted by Crippen LogP contribution is -2.00. The van der Waals surface area contributed by atoms with Gasteiger partial charge in [-0.15, -0.1) is 0 Å². The van der Waals surface area contributed by atoms with E-state index in [2.05, 4.69) is 4.98 Å². The van der Waals surface area contributed by atoms with Crippen LogP contribution in [0.15, 0.2) is 36.5 Å². The molecule has 2 aromatic rings. The Morgan fingerprint density at radius 3 is 2.65 bits per heavy atom. The van der Waals surface area contributed by atoms with Crippen molar-refractivity contribution in [3.05, 3.63) is 58.0 Å². The highest BCUT2D eigenvalue weighted by Gasteiger charge is 2.19. The van der Waals surface area contributed by atoms with Gasteiger partial charge in [0.2, 0.25) is 11.6 Å². The van der Waals surface area contributed by atoms with E-state index in [1.165, 1.54) is 6.07 Å². The van der Waals surface area contributed by atoms with Gasteiger partial charge in [-0.1, -0.05) is 0 Å². The van der Waals surface area contributed by atoms with E-state index in [0.29, 0.717) is 0 Å². The van der Waals surface area contributed by atoms with E-state index >= 15 is 0 Å². The zero-order valence-corrected chi connectivity index (χ0v) is 9.82. The predicted octanol–water partition coefficient (Wildman–Crippen LogP) is 2.62. The fourth-order valence-electron chi connectivity index (χ4n) is 1.42. The van der Waals surface area contributed by atoms with Crippen LogP contribution in [0.1, 0.15) is 10.4 Å². The van der Waals surface area contributed by atoms with Gasteiger partial charge in [-0.25, -0.2) is 14.2 Å². The number of aromatic nitrogens is 1. The lowest BCUT2D eigenvalue weighted by atomic mass is 10.2. The smallest absolute Gasteiger partial charge is 0.335 e. The molecule has 20 heavy (non-hydrogen) atoms. The van der Waals surface area contributed by atoms with Crippen molar-refractivity contribution in [1.82, 2.24) is 4.98 Å². The molecule has 1 aromatic heterocycles. The van der Waals surface area contributed by atoms with E-state index in [4.69, 9.17) is 9.84 Å². The Bertz CT molecular complexity index is 672. The molecule has 2 rings (SSSR count). The Morgan fingerprint density at radius 1 is 1.35 bits per heavy atom. The van der Waals surface area contributed by atoms with E-state index in [-0.39, 0.29) is 17.2 Å². The number of nitrogens with zero attached hydrogens (tertiary/aromatic N) is 2. The van der Waals surface area contributed by atoms with Crippen LogP contribution < -0.4 is 4.74 Å². The Kier molecular flexibility index (Phi) is 3.56. The van der Waals surface area contributed by atoms with Crippen molar-refractivity contribution >= 4 is 11.7 Å². The first-order valence-electron chi connectivity index (χ1n) is 5.28. The first kappa shape index (κ1) is 13.4. The molecule has 0 saturated heterocycles. The minimum Gasteiger partial charge on any atom is -0.478 e. The lowest BCUT2D eigenvalue weighted by molar-refractivity contribution is -0.385. The second kappa shape index (κ2) is 5.31. The molecule has 0 bridgehead atoms. The molecule has 1 aromatic carbocycles. The fourth-order valence-corrected chi connectivity index (χ4v) is 1.42. The largest absolute Gasteiger partial charge is 0.478 e. The van der Waals surface area contributed by atoms with E-state index in [1.807, 2.05) is 0 Å². The summed E-state index contributed by atoms with van der Waals surface area (Å²) in [6.07, 6.45) is 0.877. The first-order valence-corrected chi connectivity index (χ1v) is 5.28. The fraction of sp³-hybridized carbons (Fsp3) is 0. The standard InChI is InChI=1S/C12H7FN2O5/c13-8-2-4-11(14-6-8)20-10-5-7(12(16)17)1-3-9(10)15(18)19/h1-6H,(H,16,17). The number of halogens is 1. The molecule has 0 aliphatic rings. The normalized spacial score (nSPS) is 10.1. The van der Waals surface area contributed by atoms with Crippen LogP contribution >= 0.6 is 0 Å². The van der Waals surface area contributed by atoms with Crippen molar-refractivity contribution in [3.8, 4) is 11.6 Å². The van der Waals surface area contributed by atoms with Gasteiger partial charge in [0.15, 0.2) is 0 Å². The number of pyridine rings is 1. The molecule has 0 atom stereocenters. The average molecular weight is 278 g/mol. The van der Waals surface area contributed by atoms with Crippen molar-refractivity contribution in [2.75, 3.05) is 0 Å². The average Bonchev–Trinajstić information content (AvgIpc) is 2.41. The van der Waals surface area contributed by atoms with E-state index < -0.39 is 22.4 Å². The van der Waals surface area contributed by atoms with Gasteiger partial charge in [0, 0.05) is 18.2 Å². The summed E-state index contributed by atoms with van der Waals surface area (Å²) in [5.74, 6) is -2.21. The van der Waals surface area contributed by atoms with Gasteiger partial charge in [-0.2, -0.15) is 0 Å². The van der Waals surface area contributed by atoms with Gasteiger partial charge in [0.05, 0.1) is 16.7 Å². The van der Waals surface area contributed by atoms with E-state index in [1.54, 1.807) is 0 Å². The Labute approximate surface area is 111 Å². The Hall–Kier alpha value is -3.03. The van der Waals surface area contributed by atoms with Crippen LogP contribution in [0.3, 0.4) is 0 Å². The SMILES string of the molecule is O=C(O)c1ccc([N+](=O)[O-])c(Oc2ccc(F)cn2)c1. The number of carbonyl (C=O) groups is 1. The molecule has 1 N–H and O–H groups in total. The first-order chi connectivity index (χ1) is 9.47. The summed E-state index contributed by atoms with van der Waals surface area (Å²) in [6.45, 7) is 0. The highest BCUT2D eigenvalue weighted by atomic mass is 19.1. The monoisotopic (exact) mass is 278 g/mol. The molecule has 0 fully saturated rings. The number of aromatic carboxylic acids is 1. The van der Waals surface area contributed by atoms with Gasteiger partial charge in [-0.05, 0) is 12.1 Å². The third-order valence-electron chi connectivity index (χ3n) is 2.32. The molecular formula is C12H7FN2O5. The molecule has 0 aliphatic heterocycles. The number of hydrogen-bond donors (Lipinski definition) is 1. The molecule has 102 valence electrons. The number of nitro benzene ring substituents is 1. The maximum Gasteiger partial charge on any atom is 0.335 e. The lowest BCUT2D eigenvalue weighted by Gasteiger charge is -2.06. The third-order valence-corrected chi connectivity index (χ3v) is 2.32. The summed E-state index contributed by atoms with van der Waals surface area (Å²) < 4.78 is 17.8. The number of nitro groups is 1. The molecule has 0 unspecified atom stereocenters. The van der Waals surface area contributed by atoms with Crippen LogP contribution in [0.25, 0.3) is 0 Å². The van der Waals surface area contributed by atoms with E-state index in [0.717, 1.165) is 30.5 Å². The quantitative estimate of drug-likeness (QED) is 0.681. The number of ether oxygens (including phenoxy) is 1. The van der Waals surface area contributed by atoms with Crippen LogP contribution in [-0.2, 0) is 0 Å². The minimum atomic E-state index is -1.25. The maximum atomic E-state index is 12.7. The van der Waals surface area contributed by atoms with E-state index in [9.17, 15) is 19.3 Å². The predicted molar refractivity (Wildman–Crippen MR) is 64.3 cm³/mol. The molecule has 0 saturated carbocycles. The van der Waals surface area contributed by atoms with Crippen molar-refractivity contribution in [1.29, 1.82) is 0 Å². The second-order valence-electron chi connectivity index (χ2n) is 3.66. The van der Waals surface area contributed by atoms with Crippen molar-refractivity contribution in [3.63, 3.8) is 0 Å². The van der Waals surface area contributed by atoms with Gasteiger partial charge in [0.25, 0.3) is 0 Å². The van der Waals surface area contributed by atoms with Gasteiger partial charge < -0.3 is 9.84 Å². The van der Waals surface area contributed by atoms with Crippen LogP contribution in [0.5, 0.6) is 11.6 Å². The molecular weight excluding hydrogens is 271 g/mol. The summed E-state index contributed by atoms with van der Waals surface area (Å²) in [7, 11) is 0. The van der Waals surface area contributed by atoms with Crippen LogP contribution in [-0.4, -0.2) is 21.0 Å². The van der Waals surface area contributed by atoms with Crippen LogP contribution in [0, 0.1) is 15.9 Å². The highest BCUT2D eigenvalue weighted by molar-refractivity contribution is 5.88. The second-order valence-corrected chi connectivity index (χ2v) is 3.66. The minimum absolute atomic E-state index is 0.0861. The zero-order chi connectivity index (χ0) is 14.7. The summed E-state index contributed by atoms with van der Waals surface area (Å²) in [6, 6.07) is 5.35. The molecule has 0 aliphatic carbocycles. The van der Waals surface area contributed by atoms with Crippen molar-refractivity contribution < 1.29 is 24.0 Å². The van der Waals surface area contributed by atoms with Crippen molar-refractivity contribution in [2.45, 2.75) is 0 Å². The summed E-state index contributed by atoms with van der Waals surface area (Å²) >= 11 is 0. The molecule has 8 heteroatoms. The summed E-state index contributed by atoms with van der Waals surface area (Å²) in [5, 5.41) is 19.7. The molecule has 7 nitrogen and oxygen atoms in total. The Balaban J connectivity index is 2.41. The van der Waals surface area contributed by atoms with Crippen LogP contribution in [0.4, 0.5) is 10.1 Å². The van der Waals surface area contributed by atoms with Gasteiger partial charge in [-0.3, -0.25) is 10.1 Å². The molecule has 1 heterocycles. The van der Waals surface area contributed by atoms with Crippen molar-refractivity contribution in [2.24, 2.45) is 0 Å². The summed E-state index contributed by atoms with van der Waals surface area (Å²) in [4.78, 5) is 24.5. The van der Waals surface area contributed by atoms with Gasteiger partial charge in [0.1, 0.15) is 5.82 Å². The van der Waals surface area contributed by atoms with Gasteiger partial charge >= 0.3 is 11.7 Å². The highest BCUT2D eigenvalue weighted by Crippen LogP contribution is 2.31. The number of rotatable bonds is 4.